The van der Waals surface area contributed by atoms with Gasteiger partial charge in [-0.3, -0.25) is 4.90 Å². The van der Waals surface area contributed by atoms with Gasteiger partial charge in [0.15, 0.2) is 0 Å². The van der Waals surface area contributed by atoms with Crippen molar-refractivity contribution in [1.29, 1.82) is 0 Å². The van der Waals surface area contributed by atoms with E-state index in [-0.39, 0.29) is 6.61 Å². The van der Waals surface area contributed by atoms with Crippen molar-refractivity contribution in [3.63, 3.8) is 0 Å². The van der Waals surface area contributed by atoms with Crippen LogP contribution in [0.5, 0.6) is 0 Å². The van der Waals surface area contributed by atoms with Crippen LogP contribution in [0.3, 0.4) is 0 Å². The van der Waals surface area contributed by atoms with Gasteiger partial charge in [0.2, 0.25) is 0 Å². The third kappa shape index (κ3) is 3.94. The molecule has 1 N–H and O–H groups in total. The lowest BCUT2D eigenvalue weighted by Crippen LogP contribution is -2.47. The molecule has 1 aliphatic heterocycles. The Morgan fingerprint density at radius 1 is 1.21 bits per heavy atom. The second-order valence-corrected chi connectivity index (χ2v) is 6.53. The molecule has 1 aliphatic rings. The highest BCUT2D eigenvalue weighted by Gasteiger charge is 2.19. The van der Waals surface area contributed by atoms with Crippen molar-refractivity contribution in [3.8, 4) is 0 Å². The number of benzene rings is 1. The van der Waals surface area contributed by atoms with E-state index < -0.39 is 0 Å². The largest absolute Gasteiger partial charge is 0.392 e. The molecule has 0 aliphatic carbocycles. The Morgan fingerprint density at radius 3 is 2.47 bits per heavy atom. The first kappa shape index (κ1) is 14.8. The Labute approximate surface area is 124 Å². The Hall–Kier alpha value is -0.580. The second-order valence-electron chi connectivity index (χ2n) is 5.61. The average molecular weight is 327 g/mol. The van der Waals surface area contributed by atoms with Crippen LogP contribution in [0.2, 0.25) is 0 Å². The minimum Gasteiger partial charge on any atom is -0.392 e. The summed E-state index contributed by atoms with van der Waals surface area (Å²) in [7, 11) is 0. The molecule has 1 saturated heterocycles. The van der Waals surface area contributed by atoms with E-state index in [1.807, 2.05) is 6.07 Å². The topological polar surface area (TPSA) is 26.7 Å². The average Bonchev–Trinajstić information content (AvgIpc) is 2.39. The molecule has 0 saturated carbocycles. The molecule has 4 heteroatoms. The lowest BCUT2D eigenvalue weighted by Gasteiger charge is -2.37. The molecule has 0 unspecified atom stereocenters. The molecule has 1 fully saturated rings. The highest BCUT2D eigenvalue weighted by Crippen LogP contribution is 2.25. The third-order valence-corrected chi connectivity index (χ3v) is 4.04. The van der Waals surface area contributed by atoms with E-state index in [9.17, 15) is 5.11 Å². The monoisotopic (exact) mass is 326 g/mol. The van der Waals surface area contributed by atoms with Gasteiger partial charge in [0, 0.05) is 48.4 Å². The Balaban J connectivity index is 2.01. The Morgan fingerprint density at radius 2 is 1.89 bits per heavy atom. The van der Waals surface area contributed by atoms with E-state index in [2.05, 4.69) is 51.7 Å². The van der Waals surface area contributed by atoms with E-state index in [0.29, 0.717) is 0 Å². The maximum Gasteiger partial charge on any atom is 0.0702 e. The van der Waals surface area contributed by atoms with Crippen LogP contribution in [-0.4, -0.2) is 42.7 Å². The fourth-order valence-electron chi connectivity index (χ4n) is 2.68. The molecule has 1 aromatic carbocycles. The smallest absolute Gasteiger partial charge is 0.0702 e. The van der Waals surface area contributed by atoms with Gasteiger partial charge in [-0.2, -0.15) is 0 Å². The number of piperazine rings is 1. The summed E-state index contributed by atoms with van der Waals surface area (Å²) in [5.41, 5.74) is 2.18. The molecule has 0 amide bonds. The van der Waals surface area contributed by atoms with E-state index in [0.717, 1.165) is 42.1 Å². The van der Waals surface area contributed by atoms with Crippen LogP contribution in [-0.2, 0) is 6.61 Å². The van der Waals surface area contributed by atoms with Gasteiger partial charge in [-0.15, -0.1) is 0 Å². The maximum absolute atomic E-state index is 9.49. The van der Waals surface area contributed by atoms with E-state index in [1.165, 1.54) is 12.2 Å². The summed E-state index contributed by atoms with van der Waals surface area (Å²) in [5.74, 6) is 0.729. The molecular weight excluding hydrogens is 304 g/mol. The lowest BCUT2D eigenvalue weighted by atomic mass is 10.1. The van der Waals surface area contributed by atoms with Crippen LogP contribution < -0.4 is 4.90 Å². The van der Waals surface area contributed by atoms with Crippen molar-refractivity contribution < 1.29 is 5.11 Å². The molecule has 0 spiro atoms. The summed E-state index contributed by atoms with van der Waals surface area (Å²) in [5, 5.41) is 9.49. The van der Waals surface area contributed by atoms with Gasteiger partial charge in [-0.1, -0.05) is 29.8 Å². The predicted octanol–water partition coefficient (Wildman–Crippen LogP) is 2.72. The Kier molecular flexibility index (Phi) is 5.25. The summed E-state index contributed by atoms with van der Waals surface area (Å²) in [4.78, 5) is 4.91. The van der Waals surface area contributed by atoms with Crippen LogP contribution in [0.15, 0.2) is 22.7 Å². The maximum atomic E-state index is 9.49. The van der Waals surface area contributed by atoms with E-state index in [1.54, 1.807) is 0 Å². The van der Waals surface area contributed by atoms with Gasteiger partial charge < -0.3 is 10.0 Å². The quantitative estimate of drug-likeness (QED) is 0.921. The van der Waals surface area contributed by atoms with Crippen LogP contribution in [0.1, 0.15) is 19.4 Å². The first-order valence-corrected chi connectivity index (χ1v) is 7.76. The van der Waals surface area contributed by atoms with Crippen molar-refractivity contribution in [2.24, 2.45) is 5.92 Å². The standard InChI is InChI=1S/C15H23BrN2O/c1-12(2)10-17-5-7-18(8-6-17)15-4-3-14(16)9-13(15)11-19/h3-4,9,12,19H,5-8,10-11H2,1-2H3. The SMILES string of the molecule is CC(C)CN1CCN(c2ccc(Br)cc2CO)CC1. The second kappa shape index (κ2) is 6.73. The van der Waals surface area contributed by atoms with Crippen LogP contribution >= 0.6 is 15.9 Å². The minimum absolute atomic E-state index is 0.0982. The van der Waals surface area contributed by atoms with Crippen molar-refractivity contribution in [1.82, 2.24) is 4.90 Å². The number of rotatable bonds is 4. The molecule has 19 heavy (non-hydrogen) atoms. The van der Waals surface area contributed by atoms with E-state index in [4.69, 9.17) is 0 Å². The number of aliphatic hydroxyl groups excluding tert-OH is 1. The summed E-state index contributed by atoms with van der Waals surface area (Å²) < 4.78 is 1.03. The summed E-state index contributed by atoms with van der Waals surface area (Å²) in [6.07, 6.45) is 0. The predicted molar refractivity (Wildman–Crippen MR) is 83.6 cm³/mol. The van der Waals surface area contributed by atoms with Crippen LogP contribution in [0, 0.1) is 5.92 Å². The fourth-order valence-corrected chi connectivity index (χ4v) is 3.09. The summed E-state index contributed by atoms with van der Waals surface area (Å²) in [6.45, 7) is 10.1. The molecule has 1 aromatic rings. The molecule has 0 radical (unpaired) electrons. The molecule has 1 heterocycles. The molecule has 2 rings (SSSR count). The fraction of sp³-hybridized carbons (Fsp3) is 0.600. The van der Waals surface area contributed by atoms with Gasteiger partial charge in [-0.25, -0.2) is 0 Å². The van der Waals surface area contributed by atoms with Gasteiger partial charge in [-0.05, 0) is 24.1 Å². The zero-order valence-corrected chi connectivity index (χ0v) is 13.4. The third-order valence-electron chi connectivity index (χ3n) is 3.55. The number of hydrogen-bond acceptors (Lipinski definition) is 3. The number of hydrogen-bond donors (Lipinski definition) is 1. The highest BCUT2D eigenvalue weighted by molar-refractivity contribution is 9.10. The first-order chi connectivity index (χ1) is 9.10. The van der Waals surface area contributed by atoms with Crippen molar-refractivity contribution >= 4 is 21.6 Å². The van der Waals surface area contributed by atoms with Gasteiger partial charge >= 0.3 is 0 Å². The minimum atomic E-state index is 0.0982. The lowest BCUT2D eigenvalue weighted by molar-refractivity contribution is 0.230. The normalized spacial score (nSPS) is 17.2. The zero-order chi connectivity index (χ0) is 13.8. The van der Waals surface area contributed by atoms with Crippen LogP contribution in [0.25, 0.3) is 0 Å². The number of halogens is 1. The Bertz CT molecular complexity index is 415. The highest BCUT2D eigenvalue weighted by atomic mass is 79.9. The first-order valence-electron chi connectivity index (χ1n) is 6.96. The van der Waals surface area contributed by atoms with Gasteiger partial charge in [0.05, 0.1) is 6.61 Å². The molecule has 0 bridgehead atoms. The van der Waals surface area contributed by atoms with Gasteiger partial charge in [0.25, 0.3) is 0 Å². The summed E-state index contributed by atoms with van der Waals surface area (Å²) in [6, 6.07) is 6.17. The van der Waals surface area contributed by atoms with Crippen molar-refractivity contribution in [2.45, 2.75) is 20.5 Å². The zero-order valence-electron chi connectivity index (χ0n) is 11.8. The van der Waals surface area contributed by atoms with Crippen molar-refractivity contribution in [2.75, 3.05) is 37.6 Å². The molecule has 106 valence electrons. The van der Waals surface area contributed by atoms with E-state index >= 15 is 0 Å². The van der Waals surface area contributed by atoms with Gasteiger partial charge in [0.1, 0.15) is 0 Å². The number of anilines is 1. The summed E-state index contributed by atoms with van der Waals surface area (Å²) >= 11 is 3.46. The molecular formula is C15H23BrN2O. The molecule has 0 atom stereocenters. The van der Waals surface area contributed by atoms with Crippen molar-refractivity contribution in [3.05, 3.63) is 28.2 Å². The number of nitrogens with zero attached hydrogens (tertiary/aromatic N) is 2. The van der Waals surface area contributed by atoms with Crippen LogP contribution in [0.4, 0.5) is 5.69 Å². The molecule has 3 nitrogen and oxygen atoms in total. The number of aliphatic hydroxyl groups is 1. The molecule has 0 aromatic heterocycles.